The maximum atomic E-state index is 13.0. The third kappa shape index (κ3) is 6.17. The fourth-order valence-corrected chi connectivity index (χ4v) is 4.18. The highest BCUT2D eigenvalue weighted by atomic mass is 16.5. The number of aryl methyl sites for hydroxylation is 1. The summed E-state index contributed by atoms with van der Waals surface area (Å²) in [5.74, 6) is 2.96. The molecule has 1 aliphatic rings. The molecule has 0 saturated heterocycles. The number of pyridine rings is 1. The molecule has 0 bridgehead atoms. The predicted molar refractivity (Wildman–Crippen MR) is 136 cm³/mol. The number of carbonyl (C=O) groups is 1. The second-order valence-electron chi connectivity index (χ2n) is 8.89. The number of hydrogen-bond donors (Lipinski definition) is 2. The van der Waals surface area contributed by atoms with Gasteiger partial charge in [-0.3, -0.25) is 4.79 Å². The van der Waals surface area contributed by atoms with E-state index in [1.54, 1.807) is 49.7 Å². The number of rotatable bonds is 8. The van der Waals surface area contributed by atoms with Gasteiger partial charge in [0.25, 0.3) is 5.91 Å². The van der Waals surface area contributed by atoms with Crippen LogP contribution in [0.25, 0.3) is 0 Å². The molecule has 0 unspecified atom stereocenters. The zero-order valence-electron chi connectivity index (χ0n) is 20.6. The lowest BCUT2D eigenvalue weighted by Gasteiger charge is -2.30. The minimum absolute atomic E-state index is 0.0888. The summed E-state index contributed by atoms with van der Waals surface area (Å²) >= 11 is 0. The normalized spacial score (nSPS) is 17.4. The first kappa shape index (κ1) is 24.3. The number of amides is 1. The lowest BCUT2D eigenvalue weighted by molar-refractivity contribution is 0.0923. The standard InChI is InChI=1S/C26H32N6O3/c1-17-16-28-26(31-23(17)32(2)3)30-19-9-7-18(8-10-19)29-24(33)22-6-5-15-27-25(22)35-21-13-11-20(34-4)12-14-21/h5-6,11-16,18-19H,7-10H2,1-4H3,(H,29,33)(H,28,30,31). The van der Waals surface area contributed by atoms with E-state index < -0.39 is 0 Å². The molecule has 1 aliphatic carbocycles. The Balaban J connectivity index is 1.33. The minimum Gasteiger partial charge on any atom is -0.497 e. The van der Waals surface area contributed by atoms with Gasteiger partial charge in [-0.15, -0.1) is 0 Å². The molecule has 3 aromatic rings. The van der Waals surface area contributed by atoms with Crippen molar-refractivity contribution in [3.8, 4) is 17.4 Å². The van der Waals surface area contributed by atoms with Crippen LogP contribution in [0.1, 0.15) is 41.6 Å². The number of carbonyl (C=O) groups excluding carboxylic acids is 1. The molecule has 0 aliphatic heterocycles. The summed E-state index contributed by atoms with van der Waals surface area (Å²) in [7, 11) is 5.56. The van der Waals surface area contributed by atoms with Gasteiger partial charge in [-0.25, -0.2) is 9.97 Å². The molecule has 184 valence electrons. The maximum Gasteiger partial charge on any atom is 0.257 e. The number of benzene rings is 1. The van der Waals surface area contributed by atoms with E-state index in [4.69, 9.17) is 9.47 Å². The van der Waals surface area contributed by atoms with Gasteiger partial charge in [-0.05, 0) is 69.0 Å². The Hall–Kier alpha value is -3.88. The van der Waals surface area contributed by atoms with Crippen LogP contribution in [0.3, 0.4) is 0 Å². The number of anilines is 2. The number of methoxy groups -OCH3 is 1. The van der Waals surface area contributed by atoms with Crippen molar-refractivity contribution in [1.82, 2.24) is 20.3 Å². The van der Waals surface area contributed by atoms with Crippen molar-refractivity contribution in [3.63, 3.8) is 0 Å². The van der Waals surface area contributed by atoms with Crippen molar-refractivity contribution in [1.29, 1.82) is 0 Å². The van der Waals surface area contributed by atoms with Gasteiger partial charge in [-0.1, -0.05) is 0 Å². The lowest BCUT2D eigenvalue weighted by atomic mass is 9.91. The summed E-state index contributed by atoms with van der Waals surface area (Å²) in [6, 6.07) is 11.0. The SMILES string of the molecule is COc1ccc(Oc2ncccc2C(=O)NC2CCC(Nc3ncc(C)c(N(C)C)n3)CC2)cc1. The van der Waals surface area contributed by atoms with Crippen LogP contribution in [0.5, 0.6) is 17.4 Å². The summed E-state index contributed by atoms with van der Waals surface area (Å²) in [6.07, 6.45) is 7.02. The van der Waals surface area contributed by atoms with Gasteiger partial charge < -0.3 is 25.0 Å². The number of hydrogen-bond acceptors (Lipinski definition) is 8. The number of nitrogens with one attached hydrogen (secondary N) is 2. The van der Waals surface area contributed by atoms with E-state index in [1.807, 2.05) is 32.1 Å². The summed E-state index contributed by atoms with van der Waals surface area (Å²) in [5, 5.41) is 6.60. The van der Waals surface area contributed by atoms with Crippen LogP contribution in [-0.2, 0) is 0 Å². The molecule has 1 aromatic carbocycles. The molecule has 0 spiro atoms. The fraction of sp³-hybridized carbons (Fsp3) is 0.385. The number of aromatic nitrogens is 3. The molecule has 1 amide bonds. The molecule has 1 fully saturated rings. The summed E-state index contributed by atoms with van der Waals surface area (Å²) in [6.45, 7) is 2.00. The topological polar surface area (TPSA) is 102 Å². The van der Waals surface area contributed by atoms with Crippen LogP contribution in [0, 0.1) is 6.92 Å². The fourth-order valence-electron chi connectivity index (χ4n) is 4.18. The molecule has 2 aromatic heterocycles. The van der Waals surface area contributed by atoms with E-state index in [9.17, 15) is 4.79 Å². The van der Waals surface area contributed by atoms with Crippen LogP contribution in [0.4, 0.5) is 11.8 Å². The number of ether oxygens (including phenoxy) is 2. The van der Waals surface area contributed by atoms with Crippen molar-refractivity contribution in [2.45, 2.75) is 44.7 Å². The van der Waals surface area contributed by atoms with Gasteiger partial charge in [0.15, 0.2) is 0 Å². The van der Waals surface area contributed by atoms with Crippen LogP contribution in [0.15, 0.2) is 48.8 Å². The van der Waals surface area contributed by atoms with E-state index >= 15 is 0 Å². The van der Waals surface area contributed by atoms with E-state index in [0.717, 1.165) is 42.8 Å². The van der Waals surface area contributed by atoms with E-state index in [0.29, 0.717) is 17.3 Å². The Morgan fingerprint density at radius 2 is 1.69 bits per heavy atom. The quantitative estimate of drug-likeness (QED) is 0.499. The van der Waals surface area contributed by atoms with Crippen molar-refractivity contribution < 1.29 is 14.3 Å². The van der Waals surface area contributed by atoms with Crippen molar-refractivity contribution >= 4 is 17.7 Å². The lowest BCUT2D eigenvalue weighted by Crippen LogP contribution is -2.40. The summed E-state index contributed by atoms with van der Waals surface area (Å²) in [5.41, 5.74) is 1.45. The molecule has 2 N–H and O–H groups in total. The van der Waals surface area contributed by atoms with Gasteiger partial charge in [0.1, 0.15) is 22.9 Å². The minimum atomic E-state index is -0.185. The molecule has 2 heterocycles. The highest BCUT2D eigenvalue weighted by Crippen LogP contribution is 2.26. The predicted octanol–water partition coefficient (Wildman–Crippen LogP) is 4.20. The highest BCUT2D eigenvalue weighted by molar-refractivity contribution is 5.96. The third-order valence-corrected chi connectivity index (χ3v) is 6.05. The average Bonchev–Trinajstić information content (AvgIpc) is 2.87. The van der Waals surface area contributed by atoms with Gasteiger partial charge >= 0.3 is 0 Å². The highest BCUT2D eigenvalue weighted by Gasteiger charge is 2.25. The Morgan fingerprint density at radius 3 is 2.37 bits per heavy atom. The second-order valence-corrected chi connectivity index (χ2v) is 8.89. The van der Waals surface area contributed by atoms with Crippen LogP contribution in [-0.4, -0.2) is 54.1 Å². The Kier molecular flexibility index (Phi) is 7.64. The molecule has 0 atom stereocenters. The molecule has 9 heteroatoms. The molecular weight excluding hydrogens is 444 g/mol. The molecule has 9 nitrogen and oxygen atoms in total. The van der Waals surface area contributed by atoms with Crippen LogP contribution < -0.4 is 25.0 Å². The zero-order chi connectivity index (χ0) is 24.8. The largest absolute Gasteiger partial charge is 0.497 e. The molecule has 0 radical (unpaired) electrons. The van der Waals surface area contributed by atoms with Crippen molar-refractivity contribution in [2.24, 2.45) is 0 Å². The van der Waals surface area contributed by atoms with E-state index in [1.165, 1.54) is 0 Å². The van der Waals surface area contributed by atoms with Gasteiger partial charge in [0.05, 0.1) is 7.11 Å². The Morgan fingerprint density at radius 1 is 1.00 bits per heavy atom. The van der Waals surface area contributed by atoms with Crippen molar-refractivity contribution in [2.75, 3.05) is 31.4 Å². The first-order chi connectivity index (χ1) is 16.9. The molecule has 1 saturated carbocycles. The van der Waals surface area contributed by atoms with Crippen LogP contribution in [0.2, 0.25) is 0 Å². The molecule has 35 heavy (non-hydrogen) atoms. The van der Waals surface area contributed by atoms with Crippen molar-refractivity contribution in [3.05, 3.63) is 59.9 Å². The maximum absolute atomic E-state index is 13.0. The summed E-state index contributed by atoms with van der Waals surface area (Å²) < 4.78 is 11.1. The molecule has 4 rings (SSSR count). The third-order valence-electron chi connectivity index (χ3n) is 6.05. The average molecular weight is 477 g/mol. The summed E-state index contributed by atoms with van der Waals surface area (Å²) in [4.78, 5) is 28.4. The van der Waals surface area contributed by atoms with Gasteiger partial charge in [0, 0.05) is 44.1 Å². The first-order valence-corrected chi connectivity index (χ1v) is 11.8. The van der Waals surface area contributed by atoms with Crippen LogP contribution >= 0.6 is 0 Å². The smallest absolute Gasteiger partial charge is 0.257 e. The molecular formula is C26H32N6O3. The van der Waals surface area contributed by atoms with E-state index in [-0.39, 0.29) is 23.9 Å². The van der Waals surface area contributed by atoms with Gasteiger partial charge in [0.2, 0.25) is 11.8 Å². The van der Waals surface area contributed by atoms with Gasteiger partial charge in [-0.2, -0.15) is 4.98 Å². The zero-order valence-corrected chi connectivity index (χ0v) is 20.6. The second kappa shape index (κ2) is 11.0. The Labute approximate surface area is 205 Å². The van der Waals surface area contributed by atoms with E-state index in [2.05, 4.69) is 25.6 Å². The number of nitrogens with zero attached hydrogens (tertiary/aromatic N) is 4. The first-order valence-electron chi connectivity index (χ1n) is 11.8. The Bertz CT molecular complexity index is 1140. The monoisotopic (exact) mass is 476 g/mol.